The Morgan fingerprint density at radius 2 is 1.87 bits per heavy atom. The first-order valence-electron chi connectivity index (χ1n) is 9.47. The van der Waals surface area contributed by atoms with Crippen LogP contribution in [0.5, 0.6) is 0 Å². The van der Waals surface area contributed by atoms with Gasteiger partial charge in [0.2, 0.25) is 0 Å². The Morgan fingerprint density at radius 3 is 2.58 bits per heavy atom. The predicted molar refractivity (Wildman–Crippen MR) is 118 cm³/mol. The largest absolute Gasteiger partial charge is 0.395 e. The number of hydrogen-bond donors (Lipinski definition) is 3. The highest BCUT2D eigenvalue weighted by molar-refractivity contribution is 7.91. The van der Waals surface area contributed by atoms with Crippen LogP contribution >= 0.6 is 0 Å². The van der Waals surface area contributed by atoms with Crippen molar-refractivity contribution in [2.24, 2.45) is 5.73 Å². The van der Waals surface area contributed by atoms with Crippen molar-refractivity contribution in [3.8, 4) is 22.6 Å². The first-order chi connectivity index (χ1) is 14.7. The van der Waals surface area contributed by atoms with Gasteiger partial charge in [-0.15, -0.1) is 0 Å². The van der Waals surface area contributed by atoms with E-state index in [1.54, 1.807) is 31.3 Å². The summed E-state index contributed by atoms with van der Waals surface area (Å²) in [5, 5.41) is 7.72. The summed E-state index contributed by atoms with van der Waals surface area (Å²) in [6.07, 6.45) is 1.64. The Balaban J connectivity index is 2.09. The molecule has 0 radical (unpaired) electrons. The van der Waals surface area contributed by atoms with E-state index in [4.69, 9.17) is 11.5 Å². The first-order valence-corrected chi connectivity index (χ1v) is 11.1. The van der Waals surface area contributed by atoms with Crippen molar-refractivity contribution in [2.75, 3.05) is 11.5 Å². The van der Waals surface area contributed by atoms with E-state index in [9.17, 15) is 13.2 Å². The maximum absolute atomic E-state index is 12.6. The molecule has 0 aliphatic heterocycles. The van der Waals surface area contributed by atoms with Gasteiger partial charge in [0, 0.05) is 16.5 Å². The summed E-state index contributed by atoms with van der Waals surface area (Å²) in [4.78, 5) is 21.1. The summed E-state index contributed by atoms with van der Waals surface area (Å²) in [6, 6.07) is 10.1. The van der Waals surface area contributed by atoms with E-state index in [1.807, 2.05) is 19.1 Å². The summed E-state index contributed by atoms with van der Waals surface area (Å²) < 4.78 is 25.3. The Hall–Kier alpha value is -3.79. The molecule has 9 nitrogen and oxygen atoms in total. The molecule has 0 unspecified atom stereocenters. The minimum Gasteiger partial charge on any atom is -0.395 e. The number of aryl methyl sites for hydroxylation is 1. The van der Waals surface area contributed by atoms with Crippen molar-refractivity contribution in [3.05, 3.63) is 53.9 Å². The first kappa shape index (κ1) is 20.5. The Bertz CT molecular complexity index is 1440. The van der Waals surface area contributed by atoms with Crippen LogP contribution in [0.4, 0.5) is 5.69 Å². The highest BCUT2D eigenvalue weighted by Gasteiger charge is 2.24. The third kappa shape index (κ3) is 3.40. The number of nitrogen functional groups attached to an aromatic ring is 1. The van der Waals surface area contributed by atoms with Gasteiger partial charge in [-0.2, -0.15) is 5.10 Å². The molecule has 10 heteroatoms. The van der Waals surface area contributed by atoms with E-state index >= 15 is 0 Å². The van der Waals surface area contributed by atoms with Gasteiger partial charge in [-0.1, -0.05) is 25.1 Å². The number of rotatable bonds is 5. The van der Waals surface area contributed by atoms with E-state index in [1.165, 1.54) is 6.07 Å². The van der Waals surface area contributed by atoms with E-state index in [-0.39, 0.29) is 39.1 Å². The van der Waals surface area contributed by atoms with Crippen LogP contribution in [0.15, 0.2) is 47.5 Å². The fourth-order valence-corrected chi connectivity index (χ4v) is 4.58. The van der Waals surface area contributed by atoms with Crippen LogP contribution in [0.2, 0.25) is 0 Å². The fraction of sp³-hybridized carbons (Fsp3) is 0.143. The summed E-state index contributed by atoms with van der Waals surface area (Å²) in [7, 11) is -3.57. The molecule has 2 heterocycles. The molecule has 0 saturated carbocycles. The van der Waals surface area contributed by atoms with Gasteiger partial charge in [-0.25, -0.2) is 18.4 Å². The molecule has 31 heavy (non-hydrogen) atoms. The lowest BCUT2D eigenvalue weighted by Gasteiger charge is -2.15. The lowest BCUT2D eigenvalue weighted by atomic mass is 9.99. The third-order valence-electron chi connectivity index (χ3n) is 5.09. The van der Waals surface area contributed by atoms with Crippen LogP contribution in [-0.4, -0.2) is 40.2 Å². The van der Waals surface area contributed by atoms with E-state index < -0.39 is 15.7 Å². The molecule has 158 valence electrons. The topological polar surface area (TPSA) is 158 Å². The number of carbonyl (C=O) groups excluding carboxylic acids is 1. The molecule has 0 fully saturated rings. The van der Waals surface area contributed by atoms with E-state index in [0.717, 1.165) is 16.5 Å². The SMILES string of the molecule is CCS(=O)(=O)c1ccccc1-c1nc(C(N)=O)c(N)c(-c2c(C)ccc3[nH]ncc23)n1. The van der Waals surface area contributed by atoms with Gasteiger partial charge in [0.05, 0.1) is 33.7 Å². The average Bonchev–Trinajstić information content (AvgIpc) is 3.23. The molecular weight excluding hydrogens is 416 g/mol. The zero-order chi connectivity index (χ0) is 22.3. The van der Waals surface area contributed by atoms with E-state index in [0.29, 0.717) is 5.56 Å². The van der Waals surface area contributed by atoms with Gasteiger partial charge >= 0.3 is 0 Å². The monoisotopic (exact) mass is 436 g/mol. The summed E-state index contributed by atoms with van der Waals surface area (Å²) >= 11 is 0. The van der Waals surface area contributed by atoms with Crippen molar-refractivity contribution in [1.29, 1.82) is 0 Å². The van der Waals surface area contributed by atoms with Crippen LogP contribution < -0.4 is 11.5 Å². The number of fused-ring (bicyclic) bond motifs is 1. The van der Waals surface area contributed by atoms with E-state index in [2.05, 4.69) is 20.2 Å². The number of nitrogens with zero attached hydrogens (tertiary/aromatic N) is 3. The summed E-state index contributed by atoms with van der Waals surface area (Å²) in [5.41, 5.74) is 14.5. The maximum atomic E-state index is 12.6. The number of aromatic nitrogens is 4. The normalized spacial score (nSPS) is 11.7. The lowest BCUT2D eigenvalue weighted by molar-refractivity contribution is 0.0996. The van der Waals surface area contributed by atoms with Gasteiger partial charge in [0.15, 0.2) is 21.4 Å². The molecule has 2 aromatic heterocycles. The summed E-state index contributed by atoms with van der Waals surface area (Å²) in [5.74, 6) is -0.886. The quantitative estimate of drug-likeness (QED) is 0.433. The predicted octanol–water partition coefficient (Wildman–Crippen LogP) is 2.47. The Kier molecular flexibility index (Phi) is 4.94. The van der Waals surface area contributed by atoms with Crippen LogP contribution in [0.3, 0.4) is 0 Å². The molecule has 5 N–H and O–H groups in total. The molecular formula is C21H20N6O3S. The molecule has 0 spiro atoms. The molecule has 2 aromatic carbocycles. The smallest absolute Gasteiger partial charge is 0.269 e. The lowest BCUT2D eigenvalue weighted by Crippen LogP contribution is -2.18. The average molecular weight is 436 g/mol. The number of benzene rings is 2. The van der Waals surface area contributed by atoms with Gasteiger partial charge in [-0.3, -0.25) is 9.89 Å². The number of anilines is 1. The van der Waals surface area contributed by atoms with Gasteiger partial charge in [0.25, 0.3) is 5.91 Å². The molecule has 4 aromatic rings. The highest BCUT2D eigenvalue weighted by atomic mass is 32.2. The van der Waals surface area contributed by atoms with Gasteiger partial charge in [-0.05, 0) is 30.7 Å². The van der Waals surface area contributed by atoms with Crippen molar-refractivity contribution >= 4 is 32.3 Å². The molecule has 0 aliphatic carbocycles. The van der Waals surface area contributed by atoms with Crippen LogP contribution in [-0.2, 0) is 9.84 Å². The second kappa shape index (κ2) is 7.47. The Labute approximate surface area is 178 Å². The number of aromatic amines is 1. The van der Waals surface area contributed by atoms with Crippen molar-refractivity contribution in [1.82, 2.24) is 20.2 Å². The molecule has 4 rings (SSSR count). The second-order valence-electron chi connectivity index (χ2n) is 7.01. The number of nitrogens with two attached hydrogens (primary N) is 2. The van der Waals surface area contributed by atoms with Gasteiger partial charge in [0.1, 0.15) is 0 Å². The number of amides is 1. The number of sulfone groups is 1. The number of primary amides is 1. The zero-order valence-electron chi connectivity index (χ0n) is 16.9. The standard InChI is InChI=1S/C21H20N6O3S/c1-3-31(29,30)15-7-5-4-6-12(15)21-25-18(17(22)19(26-21)20(23)28)16-11(2)8-9-14-13(16)10-24-27-14/h4-10H,3,22H2,1-2H3,(H2,23,28)(H,24,27). The van der Waals surface area contributed by atoms with Crippen molar-refractivity contribution in [2.45, 2.75) is 18.7 Å². The van der Waals surface area contributed by atoms with Crippen LogP contribution in [0.1, 0.15) is 23.0 Å². The number of hydrogen-bond acceptors (Lipinski definition) is 7. The van der Waals surface area contributed by atoms with Gasteiger partial charge < -0.3 is 11.5 Å². The molecule has 0 aliphatic rings. The fourth-order valence-electron chi connectivity index (χ4n) is 3.49. The van der Waals surface area contributed by atoms with Crippen LogP contribution in [0, 0.1) is 6.92 Å². The zero-order valence-corrected chi connectivity index (χ0v) is 17.7. The van der Waals surface area contributed by atoms with Crippen molar-refractivity contribution in [3.63, 3.8) is 0 Å². The molecule has 1 amide bonds. The molecule has 0 bridgehead atoms. The van der Waals surface area contributed by atoms with Crippen LogP contribution in [0.25, 0.3) is 33.5 Å². The minimum atomic E-state index is -3.57. The molecule has 0 saturated heterocycles. The molecule has 0 atom stereocenters. The minimum absolute atomic E-state index is 0.0175. The Morgan fingerprint density at radius 1 is 1.13 bits per heavy atom. The number of nitrogens with one attached hydrogen (secondary N) is 1. The second-order valence-corrected chi connectivity index (χ2v) is 9.26. The third-order valence-corrected chi connectivity index (χ3v) is 6.88. The maximum Gasteiger partial charge on any atom is 0.269 e. The number of carbonyl (C=O) groups is 1. The number of H-pyrrole nitrogens is 1. The summed E-state index contributed by atoms with van der Waals surface area (Å²) in [6.45, 7) is 3.43. The van der Waals surface area contributed by atoms with Crippen molar-refractivity contribution < 1.29 is 13.2 Å². The highest BCUT2D eigenvalue weighted by Crippen LogP contribution is 2.36.